The fourth-order valence-corrected chi connectivity index (χ4v) is 3.79. The van der Waals surface area contributed by atoms with Crippen LogP contribution in [0.3, 0.4) is 0 Å². The zero-order valence-electron chi connectivity index (χ0n) is 19.8. The molecule has 1 saturated heterocycles. The molecule has 13 heteroatoms. The third-order valence-corrected chi connectivity index (χ3v) is 5.61. The molecule has 1 fully saturated rings. The summed E-state index contributed by atoms with van der Waals surface area (Å²) in [5, 5.41) is 0.484. The van der Waals surface area contributed by atoms with Crippen LogP contribution in [0.1, 0.15) is 61.4 Å². The Hall–Kier alpha value is -2.96. The van der Waals surface area contributed by atoms with Gasteiger partial charge in [-0.2, -0.15) is 18.2 Å². The largest absolute Gasteiger partial charge is 0.469 e. The van der Waals surface area contributed by atoms with Crippen LogP contribution in [0.5, 0.6) is 5.88 Å². The van der Waals surface area contributed by atoms with Crippen LogP contribution in [0, 0.1) is 0 Å². The summed E-state index contributed by atoms with van der Waals surface area (Å²) < 4.78 is 49.1. The fraction of sp³-hybridized carbons (Fsp3) is 0.545. The number of halogens is 3. The van der Waals surface area contributed by atoms with Gasteiger partial charge in [-0.3, -0.25) is 4.79 Å². The maximum absolute atomic E-state index is 12.9. The SMILES string of the molecule is CSc1ncc(C(=O)COc2ccnc(C(F)(F)F)n2)c(C2CCN(C(=O)OC(C)(C)C)CC2)n1. The van der Waals surface area contributed by atoms with Crippen molar-refractivity contribution in [3.63, 3.8) is 0 Å². The fourth-order valence-electron chi connectivity index (χ4n) is 3.44. The van der Waals surface area contributed by atoms with Gasteiger partial charge in [-0.05, 0) is 39.9 Å². The number of rotatable bonds is 6. The molecule has 0 spiro atoms. The smallest absolute Gasteiger partial charge is 0.451 e. The maximum atomic E-state index is 12.9. The Kier molecular flexibility index (Phi) is 8.18. The number of hydrogen-bond donors (Lipinski definition) is 0. The molecule has 0 aromatic carbocycles. The summed E-state index contributed by atoms with van der Waals surface area (Å²) in [6, 6.07) is 1.14. The lowest BCUT2D eigenvalue weighted by atomic mass is 9.90. The number of Topliss-reactive ketones (excluding diaryl/α,β-unsaturated/α-hetero) is 1. The number of ether oxygens (including phenoxy) is 2. The van der Waals surface area contributed by atoms with Crippen molar-refractivity contribution in [3.05, 3.63) is 35.5 Å². The molecular formula is C22H26F3N5O4S. The quantitative estimate of drug-likeness (QED) is 0.316. The summed E-state index contributed by atoms with van der Waals surface area (Å²) in [5.74, 6) is -2.33. The van der Waals surface area contributed by atoms with E-state index in [0.29, 0.717) is 36.8 Å². The van der Waals surface area contributed by atoms with Crippen molar-refractivity contribution < 1.29 is 32.2 Å². The number of carbonyl (C=O) groups is 2. The third kappa shape index (κ3) is 7.26. The number of aromatic nitrogens is 4. The van der Waals surface area contributed by atoms with Crippen molar-refractivity contribution in [1.82, 2.24) is 24.8 Å². The van der Waals surface area contributed by atoms with E-state index in [0.717, 1.165) is 12.3 Å². The highest BCUT2D eigenvalue weighted by atomic mass is 32.2. The number of ketones is 1. The molecule has 2 aromatic heterocycles. The summed E-state index contributed by atoms with van der Waals surface area (Å²) in [7, 11) is 0. The van der Waals surface area contributed by atoms with E-state index in [1.54, 1.807) is 25.7 Å². The van der Waals surface area contributed by atoms with Crippen LogP contribution in [-0.4, -0.2) is 68.3 Å². The molecule has 3 rings (SSSR count). The molecule has 190 valence electrons. The molecule has 0 atom stereocenters. The lowest BCUT2D eigenvalue weighted by molar-refractivity contribution is -0.145. The first-order valence-corrected chi connectivity index (χ1v) is 12.0. The summed E-state index contributed by atoms with van der Waals surface area (Å²) in [6.45, 7) is 5.72. The van der Waals surface area contributed by atoms with Gasteiger partial charge in [0.25, 0.3) is 0 Å². The van der Waals surface area contributed by atoms with Crippen LogP contribution < -0.4 is 4.74 Å². The number of likely N-dealkylation sites (tertiary alicyclic amines) is 1. The lowest BCUT2D eigenvalue weighted by Gasteiger charge is -2.33. The average Bonchev–Trinajstić information content (AvgIpc) is 2.81. The van der Waals surface area contributed by atoms with Gasteiger partial charge < -0.3 is 14.4 Å². The summed E-state index contributed by atoms with van der Waals surface area (Å²) in [6.07, 6.45) is 0.125. The van der Waals surface area contributed by atoms with Crippen LogP contribution in [0.2, 0.25) is 0 Å². The Morgan fingerprint density at radius 1 is 1.14 bits per heavy atom. The second-order valence-electron chi connectivity index (χ2n) is 8.83. The van der Waals surface area contributed by atoms with Crippen molar-refractivity contribution in [2.24, 2.45) is 0 Å². The van der Waals surface area contributed by atoms with E-state index in [2.05, 4.69) is 19.9 Å². The first-order chi connectivity index (χ1) is 16.4. The molecular weight excluding hydrogens is 487 g/mol. The zero-order chi connectivity index (χ0) is 25.8. The van der Waals surface area contributed by atoms with Gasteiger partial charge in [-0.25, -0.2) is 19.7 Å². The molecule has 0 bridgehead atoms. The van der Waals surface area contributed by atoms with Crippen LogP contribution >= 0.6 is 11.8 Å². The van der Waals surface area contributed by atoms with E-state index in [9.17, 15) is 22.8 Å². The summed E-state index contributed by atoms with van der Waals surface area (Å²) in [5.41, 5.74) is 0.155. The Balaban J connectivity index is 1.72. The number of nitrogens with zero attached hydrogens (tertiary/aromatic N) is 5. The second-order valence-corrected chi connectivity index (χ2v) is 9.60. The zero-order valence-corrected chi connectivity index (χ0v) is 20.6. The minimum Gasteiger partial charge on any atom is -0.469 e. The van der Waals surface area contributed by atoms with Crippen LogP contribution in [-0.2, 0) is 10.9 Å². The average molecular weight is 514 g/mol. The van der Waals surface area contributed by atoms with Gasteiger partial charge in [0, 0.05) is 37.5 Å². The van der Waals surface area contributed by atoms with Gasteiger partial charge in [0.05, 0.1) is 11.3 Å². The van der Waals surface area contributed by atoms with E-state index >= 15 is 0 Å². The molecule has 1 amide bonds. The minimum atomic E-state index is -4.73. The monoisotopic (exact) mass is 513 g/mol. The predicted octanol–water partition coefficient (Wildman–Crippen LogP) is 4.38. The van der Waals surface area contributed by atoms with Crippen molar-refractivity contribution in [3.8, 4) is 5.88 Å². The maximum Gasteiger partial charge on any atom is 0.451 e. The third-order valence-electron chi connectivity index (χ3n) is 5.05. The van der Waals surface area contributed by atoms with E-state index in [-0.39, 0.29) is 17.4 Å². The molecule has 0 saturated carbocycles. The van der Waals surface area contributed by atoms with Crippen molar-refractivity contribution in [2.75, 3.05) is 26.0 Å². The van der Waals surface area contributed by atoms with Gasteiger partial charge in [0.2, 0.25) is 17.5 Å². The number of carbonyl (C=O) groups excluding carboxylic acids is 2. The van der Waals surface area contributed by atoms with Gasteiger partial charge in [0.1, 0.15) is 5.60 Å². The van der Waals surface area contributed by atoms with E-state index in [4.69, 9.17) is 9.47 Å². The standard InChI is InChI=1S/C22H26F3N5O4S/c1-21(2,3)34-20(32)30-9-6-13(7-10-30)17-14(11-27-19(29-17)35-4)15(31)12-33-16-5-8-26-18(28-16)22(23,24)25/h5,8,11,13H,6-7,9-10,12H2,1-4H3. The predicted molar refractivity (Wildman–Crippen MR) is 120 cm³/mol. The molecule has 9 nitrogen and oxygen atoms in total. The molecule has 0 N–H and O–H groups in total. The van der Waals surface area contributed by atoms with E-state index in [1.165, 1.54) is 18.0 Å². The number of thioether (sulfide) groups is 1. The Bertz CT molecular complexity index is 1070. The Morgan fingerprint density at radius 3 is 2.43 bits per heavy atom. The van der Waals surface area contributed by atoms with Crippen molar-refractivity contribution in [1.29, 1.82) is 0 Å². The summed E-state index contributed by atoms with van der Waals surface area (Å²) >= 11 is 1.32. The van der Waals surface area contributed by atoms with Crippen LogP contribution in [0.25, 0.3) is 0 Å². The molecule has 35 heavy (non-hydrogen) atoms. The number of alkyl halides is 3. The molecule has 0 radical (unpaired) electrons. The lowest BCUT2D eigenvalue weighted by Crippen LogP contribution is -2.41. The minimum absolute atomic E-state index is 0.114. The van der Waals surface area contributed by atoms with Crippen molar-refractivity contribution in [2.45, 2.75) is 56.5 Å². The first-order valence-electron chi connectivity index (χ1n) is 10.8. The van der Waals surface area contributed by atoms with Gasteiger partial charge in [-0.1, -0.05) is 11.8 Å². The first kappa shape index (κ1) is 26.6. The van der Waals surface area contributed by atoms with Gasteiger partial charge >= 0.3 is 12.3 Å². The molecule has 1 aliphatic heterocycles. The molecule has 3 heterocycles. The molecule has 0 aliphatic carbocycles. The highest BCUT2D eigenvalue weighted by Crippen LogP contribution is 2.31. The van der Waals surface area contributed by atoms with Crippen LogP contribution in [0.4, 0.5) is 18.0 Å². The highest BCUT2D eigenvalue weighted by molar-refractivity contribution is 7.98. The van der Waals surface area contributed by atoms with Gasteiger partial charge in [0.15, 0.2) is 11.8 Å². The Labute approximate surface area is 204 Å². The highest BCUT2D eigenvalue weighted by Gasteiger charge is 2.35. The number of piperidine rings is 1. The topological polar surface area (TPSA) is 107 Å². The number of hydrogen-bond acceptors (Lipinski definition) is 9. The van der Waals surface area contributed by atoms with Crippen LogP contribution in [0.15, 0.2) is 23.6 Å². The molecule has 0 unspecified atom stereocenters. The molecule has 2 aromatic rings. The normalized spacial score (nSPS) is 15.1. The van der Waals surface area contributed by atoms with E-state index in [1.807, 2.05) is 6.26 Å². The second kappa shape index (κ2) is 10.8. The number of amides is 1. The van der Waals surface area contributed by atoms with E-state index < -0.39 is 36.1 Å². The summed E-state index contributed by atoms with van der Waals surface area (Å²) in [4.78, 5) is 42.1. The van der Waals surface area contributed by atoms with Gasteiger partial charge in [-0.15, -0.1) is 0 Å². The molecule has 1 aliphatic rings. The Morgan fingerprint density at radius 2 is 1.83 bits per heavy atom. The van der Waals surface area contributed by atoms with Crippen molar-refractivity contribution >= 4 is 23.6 Å².